The fraction of sp³-hybridized carbons (Fsp3) is 0.378. The number of benzene rings is 2. The number of hydrogen-bond donors (Lipinski definition) is 4. The first-order valence-electron chi connectivity index (χ1n) is 16.6. The average molecular weight is 685 g/mol. The van der Waals surface area contributed by atoms with Gasteiger partial charge < -0.3 is 26.0 Å². The lowest BCUT2D eigenvalue weighted by atomic mass is 9.91. The van der Waals surface area contributed by atoms with E-state index in [1.54, 1.807) is 73.9 Å². The maximum Gasteiger partial charge on any atom is 0.420 e. The molecule has 1 aliphatic heterocycles. The SMILES string of the molecule is C=C(F)C(=O)Nc1cccc(C(=O)Nc2ccc(N(C(=O)OC(C)(C)C)c3cc(N[C@H]4CCC(C)(C)NC4)nc4c(C(C)C)cnn34)cc2)c1. The van der Waals surface area contributed by atoms with E-state index in [0.717, 1.165) is 24.9 Å². The second kappa shape index (κ2) is 14.3. The molecule has 3 heterocycles. The Hall–Kier alpha value is -5.30. The molecule has 5 rings (SSSR count). The average Bonchev–Trinajstić information content (AvgIpc) is 3.47. The second-order valence-corrected chi connectivity index (χ2v) is 14.4. The van der Waals surface area contributed by atoms with E-state index in [1.165, 1.54) is 17.0 Å². The first-order chi connectivity index (χ1) is 23.5. The Balaban J connectivity index is 1.48. The molecule has 3 amide bonds. The van der Waals surface area contributed by atoms with Gasteiger partial charge in [0.15, 0.2) is 11.5 Å². The second-order valence-electron chi connectivity index (χ2n) is 14.4. The molecular weight excluding hydrogens is 639 g/mol. The summed E-state index contributed by atoms with van der Waals surface area (Å²) in [7, 11) is 0. The van der Waals surface area contributed by atoms with Crippen molar-refractivity contribution in [3.8, 4) is 0 Å². The number of carbonyl (C=O) groups excluding carboxylic acids is 3. The molecule has 0 saturated carbocycles. The molecule has 1 saturated heterocycles. The summed E-state index contributed by atoms with van der Waals surface area (Å²) < 4.78 is 20.7. The van der Waals surface area contributed by atoms with Gasteiger partial charge >= 0.3 is 6.09 Å². The molecule has 1 aliphatic rings. The molecule has 264 valence electrons. The normalized spacial score (nSPS) is 15.7. The Morgan fingerprint density at radius 3 is 2.42 bits per heavy atom. The number of amides is 3. The zero-order valence-corrected chi connectivity index (χ0v) is 29.6. The van der Waals surface area contributed by atoms with Gasteiger partial charge in [0.1, 0.15) is 17.2 Å². The van der Waals surface area contributed by atoms with Gasteiger partial charge in [0, 0.05) is 46.7 Å². The molecule has 0 aliphatic carbocycles. The number of ether oxygens (including phenoxy) is 1. The van der Waals surface area contributed by atoms with Gasteiger partial charge in [-0.2, -0.15) is 9.61 Å². The van der Waals surface area contributed by atoms with Crippen LogP contribution in [-0.4, -0.2) is 56.2 Å². The molecule has 0 unspecified atom stereocenters. The molecule has 50 heavy (non-hydrogen) atoms. The smallest absolute Gasteiger partial charge is 0.420 e. The van der Waals surface area contributed by atoms with E-state index in [9.17, 15) is 18.8 Å². The summed E-state index contributed by atoms with van der Waals surface area (Å²) in [6.45, 7) is 17.7. The van der Waals surface area contributed by atoms with Gasteiger partial charge in [-0.25, -0.2) is 19.1 Å². The number of piperidine rings is 1. The summed E-state index contributed by atoms with van der Waals surface area (Å²) in [4.78, 5) is 45.2. The van der Waals surface area contributed by atoms with E-state index >= 15 is 0 Å². The van der Waals surface area contributed by atoms with Gasteiger partial charge in [-0.05, 0) is 95.8 Å². The van der Waals surface area contributed by atoms with Crippen LogP contribution in [0.25, 0.3) is 5.65 Å². The van der Waals surface area contributed by atoms with Gasteiger partial charge in [0.05, 0.1) is 11.9 Å². The Kier molecular flexibility index (Phi) is 10.3. The van der Waals surface area contributed by atoms with E-state index in [1.807, 2.05) is 0 Å². The minimum Gasteiger partial charge on any atom is -0.443 e. The van der Waals surface area contributed by atoms with Crippen molar-refractivity contribution in [2.75, 3.05) is 27.4 Å². The van der Waals surface area contributed by atoms with Gasteiger partial charge in [0.25, 0.3) is 11.8 Å². The van der Waals surface area contributed by atoms with E-state index in [-0.39, 0.29) is 28.7 Å². The number of nitrogens with zero attached hydrogens (tertiary/aromatic N) is 4. The number of nitrogens with one attached hydrogen (secondary N) is 4. The molecular formula is C37H45FN8O4. The summed E-state index contributed by atoms with van der Waals surface area (Å²) in [5, 5.41) is 17.0. The molecule has 12 nitrogen and oxygen atoms in total. The Labute approximate surface area is 291 Å². The largest absolute Gasteiger partial charge is 0.443 e. The van der Waals surface area contributed by atoms with Crippen molar-refractivity contribution < 1.29 is 23.5 Å². The highest BCUT2D eigenvalue weighted by molar-refractivity contribution is 6.06. The van der Waals surface area contributed by atoms with Crippen molar-refractivity contribution in [2.45, 2.75) is 84.4 Å². The molecule has 0 radical (unpaired) electrons. The lowest BCUT2D eigenvalue weighted by molar-refractivity contribution is -0.114. The number of hydrogen-bond acceptors (Lipinski definition) is 8. The Morgan fingerprint density at radius 2 is 1.80 bits per heavy atom. The van der Waals surface area contributed by atoms with Crippen LogP contribution >= 0.6 is 0 Å². The molecule has 13 heteroatoms. The summed E-state index contributed by atoms with van der Waals surface area (Å²) in [5.74, 6) is -1.44. The van der Waals surface area contributed by atoms with Crippen LogP contribution in [0.4, 0.5) is 37.9 Å². The van der Waals surface area contributed by atoms with Crippen LogP contribution in [0.1, 0.15) is 83.1 Å². The first kappa shape index (κ1) is 36.0. The minimum absolute atomic E-state index is 0.0595. The molecule has 1 fully saturated rings. The third-order valence-corrected chi connectivity index (χ3v) is 8.22. The highest BCUT2D eigenvalue weighted by Gasteiger charge is 2.30. The maximum absolute atomic E-state index is 14.0. The summed E-state index contributed by atoms with van der Waals surface area (Å²) in [6, 6.07) is 14.7. The zero-order valence-electron chi connectivity index (χ0n) is 29.6. The van der Waals surface area contributed by atoms with Crippen molar-refractivity contribution in [3.63, 3.8) is 0 Å². The molecule has 4 aromatic rings. The van der Waals surface area contributed by atoms with Crippen molar-refractivity contribution in [1.29, 1.82) is 0 Å². The fourth-order valence-corrected chi connectivity index (χ4v) is 5.53. The lowest BCUT2D eigenvalue weighted by Crippen LogP contribution is -2.50. The molecule has 1 atom stereocenters. The van der Waals surface area contributed by atoms with Crippen LogP contribution in [0.3, 0.4) is 0 Å². The zero-order chi connectivity index (χ0) is 36.4. The van der Waals surface area contributed by atoms with Crippen LogP contribution in [-0.2, 0) is 9.53 Å². The van der Waals surface area contributed by atoms with Crippen LogP contribution in [0.5, 0.6) is 0 Å². The predicted molar refractivity (Wildman–Crippen MR) is 194 cm³/mol. The molecule has 2 aromatic carbocycles. The summed E-state index contributed by atoms with van der Waals surface area (Å²) in [5.41, 5.74) is 2.21. The van der Waals surface area contributed by atoms with Crippen LogP contribution in [0, 0.1) is 0 Å². The number of fused-ring (bicyclic) bond motifs is 1. The first-order valence-corrected chi connectivity index (χ1v) is 16.6. The number of anilines is 5. The van der Waals surface area contributed by atoms with E-state index in [2.05, 4.69) is 60.6 Å². The van der Waals surface area contributed by atoms with Crippen molar-refractivity contribution in [2.24, 2.45) is 0 Å². The quantitative estimate of drug-likeness (QED) is 0.133. The van der Waals surface area contributed by atoms with Crippen molar-refractivity contribution >= 4 is 52.3 Å². The van der Waals surface area contributed by atoms with Crippen molar-refractivity contribution in [3.05, 3.63) is 84.3 Å². The monoisotopic (exact) mass is 684 g/mol. The fourth-order valence-electron chi connectivity index (χ4n) is 5.53. The minimum atomic E-state index is -1.14. The van der Waals surface area contributed by atoms with Gasteiger partial charge in [-0.1, -0.05) is 26.5 Å². The maximum atomic E-state index is 14.0. The van der Waals surface area contributed by atoms with E-state index < -0.39 is 29.3 Å². The third-order valence-electron chi connectivity index (χ3n) is 8.22. The third kappa shape index (κ3) is 8.64. The molecule has 0 spiro atoms. The van der Waals surface area contributed by atoms with Crippen LogP contribution in [0.2, 0.25) is 0 Å². The highest BCUT2D eigenvalue weighted by Crippen LogP contribution is 2.33. The predicted octanol–water partition coefficient (Wildman–Crippen LogP) is 7.54. The van der Waals surface area contributed by atoms with Gasteiger partial charge in [0.2, 0.25) is 0 Å². The summed E-state index contributed by atoms with van der Waals surface area (Å²) in [6.07, 6.45) is 3.09. The molecule has 2 aromatic heterocycles. The molecule has 4 N–H and O–H groups in total. The number of rotatable bonds is 9. The van der Waals surface area contributed by atoms with E-state index in [0.29, 0.717) is 28.7 Å². The highest BCUT2D eigenvalue weighted by atomic mass is 19.1. The van der Waals surface area contributed by atoms with E-state index in [4.69, 9.17) is 9.72 Å². The Bertz CT molecular complexity index is 1900. The van der Waals surface area contributed by atoms with Crippen LogP contribution < -0.4 is 26.2 Å². The Morgan fingerprint density at radius 1 is 1.08 bits per heavy atom. The topological polar surface area (TPSA) is 142 Å². The number of halogens is 1. The summed E-state index contributed by atoms with van der Waals surface area (Å²) >= 11 is 0. The van der Waals surface area contributed by atoms with Crippen molar-refractivity contribution in [1.82, 2.24) is 19.9 Å². The number of carbonyl (C=O) groups is 3. The standard InChI is InChI=1S/C37H45FN8O4/c1-22(2)29-21-40-46-31(19-30(44-32(29)46)41-27-16-17-37(7,8)39-20-27)45(35(49)50-36(4,5)6)28-14-12-25(13-15-28)42-34(48)24-10-9-11-26(18-24)43-33(47)23(3)38/h9-15,18-19,21-22,27,39H,3,16-17,20H2,1-2,4-8H3,(H,41,44)(H,42,48)(H,43,47)/t27-/m0/s1. The van der Waals surface area contributed by atoms with Gasteiger partial charge in [-0.15, -0.1) is 0 Å². The van der Waals surface area contributed by atoms with Gasteiger partial charge in [-0.3, -0.25) is 9.59 Å². The lowest BCUT2D eigenvalue weighted by Gasteiger charge is -2.36. The molecule has 0 bridgehead atoms. The van der Waals surface area contributed by atoms with Crippen LogP contribution in [0.15, 0.2) is 73.2 Å². The number of aromatic nitrogens is 3.